The van der Waals surface area contributed by atoms with Crippen molar-refractivity contribution in [1.29, 1.82) is 0 Å². The summed E-state index contributed by atoms with van der Waals surface area (Å²) in [6.45, 7) is 9.97. The highest BCUT2D eigenvalue weighted by Gasteiger charge is 2.43. The molecule has 8 heteroatoms. The van der Waals surface area contributed by atoms with Gasteiger partial charge < -0.3 is 15.2 Å². The molecule has 2 rings (SSSR count). The first kappa shape index (κ1) is 26.3. The van der Waals surface area contributed by atoms with Crippen LogP contribution in [0.5, 0.6) is 0 Å². The highest BCUT2D eigenvalue weighted by atomic mass is 19.1. The molecule has 0 radical (unpaired) electrons. The van der Waals surface area contributed by atoms with Crippen molar-refractivity contribution in [2.24, 2.45) is 11.1 Å². The van der Waals surface area contributed by atoms with E-state index in [4.69, 9.17) is 15.2 Å². The highest BCUT2D eigenvalue weighted by Crippen LogP contribution is 2.40. The average Bonchev–Trinajstić information content (AvgIpc) is 2.71. The predicted molar refractivity (Wildman–Crippen MR) is 122 cm³/mol. The molecular weight excluding hydrogens is 427 g/mol. The molecular formula is C25H33FN2O5. The first-order valence-corrected chi connectivity index (χ1v) is 10.7. The molecule has 2 unspecified atom stereocenters. The number of amides is 1. The van der Waals surface area contributed by atoms with E-state index in [1.807, 2.05) is 0 Å². The van der Waals surface area contributed by atoms with Crippen LogP contribution in [0.1, 0.15) is 59.4 Å². The Kier molecular flexibility index (Phi) is 7.85. The fourth-order valence-electron chi connectivity index (χ4n) is 3.88. The zero-order valence-electron chi connectivity index (χ0n) is 20.3. The summed E-state index contributed by atoms with van der Waals surface area (Å²) in [7, 11) is 1.23. The van der Waals surface area contributed by atoms with Crippen molar-refractivity contribution in [3.8, 4) is 0 Å². The third-order valence-corrected chi connectivity index (χ3v) is 5.57. The molecule has 0 bridgehead atoms. The minimum atomic E-state index is -1.29. The van der Waals surface area contributed by atoms with Gasteiger partial charge in [0, 0.05) is 23.9 Å². The van der Waals surface area contributed by atoms with E-state index < -0.39 is 40.6 Å². The van der Waals surface area contributed by atoms with Crippen molar-refractivity contribution < 1.29 is 28.2 Å². The Labute approximate surface area is 194 Å². The van der Waals surface area contributed by atoms with Gasteiger partial charge >= 0.3 is 11.9 Å². The van der Waals surface area contributed by atoms with E-state index in [0.29, 0.717) is 17.0 Å². The summed E-state index contributed by atoms with van der Waals surface area (Å²) in [5.41, 5.74) is 5.16. The quantitative estimate of drug-likeness (QED) is 0.649. The molecule has 1 amide bonds. The number of benzene rings is 1. The molecule has 180 valence electrons. The van der Waals surface area contributed by atoms with Crippen LogP contribution in [-0.2, 0) is 23.9 Å². The van der Waals surface area contributed by atoms with Crippen molar-refractivity contribution in [2.45, 2.75) is 59.5 Å². The highest BCUT2D eigenvalue weighted by molar-refractivity contribution is 5.96. The first-order valence-electron chi connectivity index (χ1n) is 10.7. The van der Waals surface area contributed by atoms with Crippen LogP contribution < -0.4 is 5.73 Å². The third-order valence-electron chi connectivity index (χ3n) is 5.57. The molecule has 7 nitrogen and oxygen atoms in total. The predicted octanol–water partition coefficient (Wildman–Crippen LogP) is 3.80. The summed E-state index contributed by atoms with van der Waals surface area (Å²) in [6.07, 6.45) is 1.40. The number of esters is 2. The van der Waals surface area contributed by atoms with Gasteiger partial charge in [-0.05, 0) is 53.2 Å². The zero-order valence-corrected chi connectivity index (χ0v) is 20.3. The normalized spacial score (nSPS) is 18.4. The SMILES string of the molecule is COC(=O)C1=C(C)N(C(=O)C(C)(CN)CC(=O)OC(C)(C)C)C(C)=CC1c1ccccc1F. The summed E-state index contributed by atoms with van der Waals surface area (Å²) >= 11 is 0. The molecule has 0 saturated carbocycles. The number of ether oxygens (including phenoxy) is 2. The number of allylic oxidation sites excluding steroid dienone is 3. The fourth-order valence-corrected chi connectivity index (χ4v) is 3.88. The Hall–Kier alpha value is -3.00. The summed E-state index contributed by atoms with van der Waals surface area (Å²) in [5.74, 6) is -2.91. The number of nitrogens with two attached hydrogens (primary N) is 1. The molecule has 0 aliphatic carbocycles. The van der Waals surface area contributed by atoms with Crippen molar-refractivity contribution in [3.05, 3.63) is 58.7 Å². The van der Waals surface area contributed by atoms with Crippen LogP contribution in [0.4, 0.5) is 4.39 Å². The van der Waals surface area contributed by atoms with E-state index in [9.17, 15) is 18.8 Å². The number of halogens is 1. The minimum Gasteiger partial charge on any atom is -0.466 e. The van der Waals surface area contributed by atoms with Gasteiger partial charge in [-0.3, -0.25) is 14.5 Å². The van der Waals surface area contributed by atoms with Crippen molar-refractivity contribution in [3.63, 3.8) is 0 Å². The average molecular weight is 461 g/mol. The van der Waals surface area contributed by atoms with Gasteiger partial charge in [0.15, 0.2) is 0 Å². The summed E-state index contributed by atoms with van der Waals surface area (Å²) < 4.78 is 24.9. The van der Waals surface area contributed by atoms with Gasteiger partial charge in [-0.2, -0.15) is 0 Å². The van der Waals surface area contributed by atoms with Crippen LogP contribution >= 0.6 is 0 Å². The Balaban J connectivity index is 2.53. The summed E-state index contributed by atoms with van der Waals surface area (Å²) in [6, 6.07) is 6.14. The Bertz CT molecular complexity index is 1010. The summed E-state index contributed by atoms with van der Waals surface area (Å²) in [4.78, 5) is 40.2. The Morgan fingerprint density at radius 2 is 1.73 bits per heavy atom. The number of carbonyl (C=O) groups is 3. The monoisotopic (exact) mass is 460 g/mol. The maximum atomic E-state index is 14.6. The lowest BCUT2D eigenvalue weighted by Crippen LogP contribution is -2.48. The third kappa shape index (κ3) is 5.68. The van der Waals surface area contributed by atoms with E-state index in [1.165, 1.54) is 18.1 Å². The molecule has 33 heavy (non-hydrogen) atoms. The van der Waals surface area contributed by atoms with E-state index in [0.717, 1.165) is 0 Å². The van der Waals surface area contributed by atoms with Crippen LogP contribution in [0.2, 0.25) is 0 Å². The topological polar surface area (TPSA) is 98.9 Å². The zero-order chi connectivity index (χ0) is 25.1. The van der Waals surface area contributed by atoms with E-state index in [2.05, 4.69) is 0 Å². The van der Waals surface area contributed by atoms with Gasteiger partial charge in [-0.15, -0.1) is 0 Å². The van der Waals surface area contributed by atoms with Crippen molar-refractivity contribution in [2.75, 3.05) is 13.7 Å². The van der Waals surface area contributed by atoms with Gasteiger partial charge in [0.1, 0.15) is 11.4 Å². The van der Waals surface area contributed by atoms with E-state index in [-0.39, 0.29) is 18.5 Å². The lowest BCUT2D eigenvalue weighted by molar-refractivity contribution is -0.160. The summed E-state index contributed by atoms with van der Waals surface area (Å²) in [5, 5.41) is 0. The number of hydrogen-bond acceptors (Lipinski definition) is 6. The first-order chi connectivity index (χ1) is 15.3. The van der Waals surface area contributed by atoms with Crippen LogP contribution in [-0.4, -0.2) is 42.0 Å². The van der Waals surface area contributed by atoms with Gasteiger partial charge in [-0.25, -0.2) is 9.18 Å². The number of carbonyl (C=O) groups excluding carboxylic acids is 3. The van der Waals surface area contributed by atoms with Crippen molar-refractivity contribution in [1.82, 2.24) is 4.90 Å². The van der Waals surface area contributed by atoms with Gasteiger partial charge in [0.2, 0.25) is 5.91 Å². The van der Waals surface area contributed by atoms with E-state index in [1.54, 1.807) is 65.8 Å². The number of nitrogens with zero attached hydrogens (tertiary/aromatic N) is 1. The second kappa shape index (κ2) is 9.87. The maximum absolute atomic E-state index is 14.6. The second-order valence-electron chi connectivity index (χ2n) is 9.47. The van der Waals surface area contributed by atoms with Crippen LogP contribution in [0.15, 0.2) is 47.3 Å². The van der Waals surface area contributed by atoms with Gasteiger partial charge in [0.25, 0.3) is 0 Å². The molecule has 1 aliphatic heterocycles. The number of methoxy groups -OCH3 is 1. The molecule has 0 aromatic heterocycles. The molecule has 0 spiro atoms. The van der Waals surface area contributed by atoms with E-state index >= 15 is 0 Å². The Morgan fingerprint density at radius 3 is 2.24 bits per heavy atom. The fraction of sp³-hybridized carbons (Fsp3) is 0.480. The molecule has 1 aliphatic rings. The van der Waals surface area contributed by atoms with Gasteiger partial charge in [-0.1, -0.05) is 24.3 Å². The van der Waals surface area contributed by atoms with Crippen LogP contribution in [0.3, 0.4) is 0 Å². The second-order valence-corrected chi connectivity index (χ2v) is 9.47. The lowest BCUT2D eigenvalue weighted by Gasteiger charge is -2.38. The molecule has 0 saturated heterocycles. The maximum Gasteiger partial charge on any atom is 0.336 e. The lowest BCUT2D eigenvalue weighted by atomic mass is 9.82. The standard InChI is InChI=1S/C25H33FN2O5/c1-15-12-18(17-10-8-9-11-19(17)26)21(22(30)32-7)16(2)28(15)23(31)25(6,14-27)13-20(29)33-24(3,4)5/h8-12,18H,13-14,27H2,1-7H3. The molecule has 0 fully saturated rings. The number of hydrogen-bond donors (Lipinski definition) is 1. The van der Waals surface area contributed by atoms with Crippen molar-refractivity contribution >= 4 is 17.8 Å². The Morgan fingerprint density at radius 1 is 1.12 bits per heavy atom. The molecule has 1 aromatic rings. The smallest absolute Gasteiger partial charge is 0.336 e. The molecule has 1 aromatic carbocycles. The van der Waals surface area contributed by atoms with Crippen LogP contribution in [0.25, 0.3) is 0 Å². The number of rotatable bonds is 6. The molecule has 1 heterocycles. The molecule has 2 atom stereocenters. The molecule has 2 N–H and O–H groups in total. The van der Waals surface area contributed by atoms with Crippen LogP contribution in [0, 0.1) is 11.2 Å². The van der Waals surface area contributed by atoms with Gasteiger partial charge in [0.05, 0.1) is 24.5 Å². The largest absolute Gasteiger partial charge is 0.466 e. The minimum absolute atomic E-state index is 0.119.